The summed E-state index contributed by atoms with van der Waals surface area (Å²) < 4.78 is 5.88. The number of carbonyl (C=O) groups is 1. The molecular weight excluding hydrogens is 398 g/mol. The summed E-state index contributed by atoms with van der Waals surface area (Å²) in [5.41, 5.74) is 0. The van der Waals surface area contributed by atoms with Gasteiger partial charge in [0.15, 0.2) is 0 Å². The van der Waals surface area contributed by atoms with Crippen molar-refractivity contribution < 1.29 is 14.3 Å². The average molecular weight is 424 g/mol. The zero-order valence-corrected chi connectivity index (χ0v) is 17.3. The largest absolute Gasteiger partial charge is 0.483 e. The quantitative estimate of drug-likeness (QED) is 0.571. The number of hydrogen-bond acceptors (Lipinski definition) is 9. The molecule has 0 radical (unpaired) electrons. The van der Waals surface area contributed by atoms with Crippen LogP contribution >= 0.6 is 23.5 Å². The van der Waals surface area contributed by atoms with Crippen LogP contribution in [0.15, 0.2) is 33.8 Å². The number of nitrogens with zero attached hydrogens (tertiary/aromatic N) is 5. The monoisotopic (exact) mass is 423 g/mol. The number of hydrogen-bond donors (Lipinski definition) is 1. The first-order valence-corrected chi connectivity index (χ1v) is 11.4. The zero-order valence-electron chi connectivity index (χ0n) is 15.6. The highest BCUT2D eigenvalue weighted by atomic mass is 32.2. The third kappa shape index (κ3) is 6.11. The molecule has 0 saturated carbocycles. The van der Waals surface area contributed by atoms with Gasteiger partial charge in [0.25, 0.3) is 6.47 Å². The fourth-order valence-corrected chi connectivity index (χ4v) is 5.03. The van der Waals surface area contributed by atoms with Gasteiger partial charge in [0.2, 0.25) is 5.89 Å². The standard InChI is InChI=1S/C17H23N5OS2.CH2O2/c1-5-18-6-2-15(1)25-13-16-19-20-17(23-16)22-7-3-14(4-8-22)21-9-11-24-12-10-21;2-1-3/h1-2,5-6,14H,3-4,7-13H2;1H,(H,2,3). The molecule has 4 rings (SSSR count). The van der Waals surface area contributed by atoms with E-state index in [1.54, 1.807) is 24.2 Å². The summed E-state index contributed by atoms with van der Waals surface area (Å²) in [6, 6.07) is 5.39. The van der Waals surface area contributed by atoms with E-state index in [0.29, 0.717) is 17.7 Å². The van der Waals surface area contributed by atoms with Gasteiger partial charge in [-0.05, 0) is 25.0 Å². The van der Waals surface area contributed by atoms with E-state index in [0.717, 1.165) is 24.0 Å². The number of pyridine rings is 1. The Kier molecular flexibility index (Phi) is 8.43. The molecule has 0 bridgehead atoms. The number of piperidine rings is 1. The van der Waals surface area contributed by atoms with Gasteiger partial charge in [0, 0.05) is 61.0 Å². The first kappa shape index (κ1) is 20.9. The predicted octanol–water partition coefficient (Wildman–Crippen LogP) is 2.48. The zero-order chi connectivity index (χ0) is 19.6. The van der Waals surface area contributed by atoms with Gasteiger partial charge in [0.1, 0.15) is 0 Å². The topological polar surface area (TPSA) is 95.6 Å². The van der Waals surface area contributed by atoms with E-state index in [9.17, 15) is 0 Å². The minimum absolute atomic E-state index is 0.250. The van der Waals surface area contributed by atoms with Crippen molar-refractivity contribution in [3.05, 3.63) is 30.4 Å². The molecule has 2 aliphatic rings. The highest BCUT2D eigenvalue weighted by Crippen LogP contribution is 2.26. The number of anilines is 1. The second-order valence-electron chi connectivity index (χ2n) is 6.42. The van der Waals surface area contributed by atoms with Crippen molar-refractivity contribution in [1.29, 1.82) is 0 Å². The maximum atomic E-state index is 8.36. The molecule has 10 heteroatoms. The fourth-order valence-electron chi connectivity index (χ4n) is 3.38. The Morgan fingerprint density at radius 3 is 2.54 bits per heavy atom. The highest BCUT2D eigenvalue weighted by Gasteiger charge is 2.27. The van der Waals surface area contributed by atoms with Gasteiger partial charge < -0.3 is 14.4 Å². The molecule has 2 fully saturated rings. The highest BCUT2D eigenvalue weighted by molar-refractivity contribution is 7.99. The number of carboxylic acid groups (broad SMARTS) is 1. The molecule has 2 saturated heterocycles. The molecule has 0 atom stereocenters. The summed E-state index contributed by atoms with van der Waals surface area (Å²) in [7, 11) is 0. The van der Waals surface area contributed by atoms with Gasteiger partial charge >= 0.3 is 6.01 Å². The lowest BCUT2D eigenvalue weighted by molar-refractivity contribution is -0.122. The van der Waals surface area contributed by atoms with Crippen molar-refractivity contribution in [3.8, 4) is 0 Å². The van der Waals surface area contributed by atoms with Crippen LogP contribution in [0.1, 0.15) is 18.7 Å². The van der Waals surface area contributed by atoms with Crippen LogP contribution in [0.2, 0.25) is 0 Å². The normalized spacial score (nSPS) is 18.4. The summed E-state index contributed by atoms with van der Waals surface area (Å²) in [5.74, 6) is 3.94. The third-order valence-corrected chi connectivity index (χ3v) is 6.70. The molecule has 2 aromatic heterocycles. The summed E-state index contributed by atoms with van der Waals surface area (Å²) in [6.07, 6.45) is 5.97. The Balaban J connectivity index is 0.000000706. The molecule has 28 heavy (non-hydrogen) atoms. The van der Waals surface area contributed by atoms with Gasteiger partial charge in [0.05, 0.1) is 5.75 Å². The lowest BCUT2D eigenvalue weighted by atomic mass is 10.0. The number of rotatable bonds is 5. The third-order valence-electron chi connectivity index (χ3n) is 4.77. The first-order chi connectivity index (χ1) is 13.8. The van der Waals surface area contributed by atoms with Gasteiger partial charge in [-0.2, -0.15) is 11.8 Å². The Morgan fingerprint density at radius 2 is 1.86 bits per heavy atom. The molecule has 0 aliphatic carbocycles. The minimum atomic E-state index is -0.250. The molecule has 0 aromatic carbocycles. The Hall–Kier alpha value is -1.78. The van der Waals surface area contributed by atoms with Crippen LogP contribution < -0.4 is 4.90 Å². The molecule has 2 aromatic rings. The molecule has 0 unspecified atom stereocenters. The second kappa shape index (κ2) is 11.3. The summed E-state index contributed by atoms with van der Waals surface area (Å²) in [4.78, 5) is 18.5. The van der Waals surface area contributed by atoms with Crippen molar-refractivity contribution in [2.45, 2.75) is 29.5 Å². The van der Waals surface area contributed by atoms with E-state index < -0.39 is 0 Å². The van der Waals surface area contributed by atoms with Gasteiger partial charge in [-0.1, -0.05) is 5.10 Å². The minimum Gasteiger partial charge on any atom is -0.483 e. The van der Waals surface area contributed by atoms with Gasteiger partial charge in [-0.25, -0.2) is 0 Å². The van der Waals surface area contributed by atoms with Gasteiger partial charge in [-0.3, -0.25) is 14.7 Å². The van der Waals surface area contributed by atoms with Crippen LogP contribution in [0.5, 0.6) is 0 Å². The summed E-state index contributed by atoms with van der Waals surface area (Å²) >= 11 is 3.76. The van der Waals surface area contributed by atoms with E-state index in [4.69, 9.17) is 14.3 Å². The summed E-state index contributed by atoms with van der Waals surface area (Å²) in [6.45, 7) is 4.25. The van der Waals surface area contributed by atoms with Gasteiger partial charge in [-0.15, -0.1) is 16.9 Å². The van der Waals surface area contributed by atoms with Crippen LogP contribution in [0, 0.1) is 0 Å². The van der Waals surface area contributed by atoms with Crippen molar-refractivity contribution in [3.63, 3.8) is 0 Å². The summed E-state index contributed by atoms with van der Waals surface area (Å²) in [5, 5.41) is 15.4. The van der Waals surface area contributed by atoms with Crippen molar-refractivity contribution in [2.75, 3.05) is 42.6 Å². The number of aromatic nitrogens is 3. The molecule has 4 heterocycles. The maximum Gasteiger partial charge on any atom is 0.318 e. The van der Waals surface area contributed by atoms with Crippen LogP contribution in [0.4, 0.5) is 6.01 Å². The van der Waals surface area contributed by atoms with E-state index in [1.807, 2.05) is 12.1 Å². The van der Waals surface area contributed by atoms with Crippen LogP contribution in [0.25, 0.3) is 0 Å². The van der Waals surface area contributed by atoms with Crippen LogP contribution in [0.3, 0.4) is 0 Å². The van der Waals surface area contributed by atoms with Crippen molar-refractivity contribution >= 4 is 36.0 Å². The lowest BCUT2D eigenvalue weighted by Gasteiger charge is -2.39. The first-order valence-electron chi connectivity index (χ1n) is 9.30. The Bertz CT molecular complexity index is 704. The van der Waals surface area contributed by atoms with Crippen molar-refractivity contribution in [1.82, 2.24) is 20.1 Å². The SMILES string of the molecule is O=CO.c1cc(SCc2nnc(N3CCC(N4CCSCC4)CC3)o2)ccn1. The Morgan fingerprint density at radius 1 is 1.18 bits per heavy atom. The molecule has 2 aliphatic heterocycles. The average Bonchev–Trinajstić information content (AvgIpc) is 3.23. The molecular formula is C18H25N5O3S2. The predicted molar refractivity (Wildman–Crippen MR) is 111 cm³/mol. The van der Waals surface area contributed by atoms with E-state index in [1.165, 1.54) is 37.4 Å². The Labute approximate surface area is 173 Å². The second-order valence-corrected chi connectivity index (χ2v) is 8.70. The molecule has 1 N–H and O–H groups in total. The molecule has 0 amide bonds. The van der Waals surface area contributed by atoms with E-state index >= 15 is 0 Å². The fraction of sp³-hybridized carbons (Fsp3) is 0.556. The van der Waals surface area contributed by atoms with E-state index in [2.05, 4.69) is 36.7 Å². The molecule has 0 spiro atoms. The smallest absolute Gasteiger partial charge is 0.318 e. The number of thioether (sulfide) groups is 2. The maximum absolute atomic E-state index is 8.36. The lowest BCUT2D eigenvalue weighted by Crippen LogP contribution is -2.47. The van der Waals surface area contributed by atoms with E-state index in [-0.39, 0.29) is 6.47 Å². The molecule has 152 valence electrons. The van der Waals surface area contributed by atoms with Crippen molar-refractivity contribution in [2.24, 2.45) is 0 Å². The molecule has 8 nitrogen and oxygen atoms in total. The van der Waals surface area contributed by atoms with Crippen LogP contribution in [-0.2, 0) is 10.5 Å². The van der Waals surface area contributed by atoms with Crippen LogP contribution in [-0.4, -0.2) is 75.4 Å².